The second-order valence-electron chi connectivity index (χ2n) is 5.53. The summed E-state index contributed by atoms with van der Waals surface area (Å²) in [5.74, 6) is -0.334. The number of halogens is 2. The lowest BCUT2D eigenvalue weighted by Crippen LogP contribution is -2.32. The summed E-state index contributed by atoms with van der Waals surface area (Å²) < 4.78 is 13.3. The highest BCUT2D eigenvalue weighted by Gasteiger charge is 2.33. The molecule has 1 saturated carbocycles. The number of hydrogen-bond acceptors (Lipinski definition) is 3. The molecule has 1 amide bonds. The lowest BCUT2D eigenvalue weighted by molar-refractivity contribution is 0.0729. The molecule has 1 aromatic carbocycles. The van der Waals surface area contributed by atoms with Gasteiger partial charge in [0.25, 0.3) is 5.91 Å². The largest absolute Gasteiger partial charge is 0.331 e. The fourth-order valence-corrected chi connectivity index (χ4v) is 2.47. The Hall–Kier alpha value is -1.98. The van der Waals surface area contributed by atoms with Crippen LogP contribution in [0.2, 0.25) is 0 Å². The lowest BCUT2D eigenvalue weighted by atomic mass is 10.1. The zero-order valence-corrected chi connectivity index (χ0v) is 13.4. The first kappa shape index (κ1) is 17.4. The predicted octanol–water partition coefficient (Wildman–Crippen LogP) is 2.91. The van der Waals surface area contributed by atoms with Gasteiger partial charge in [-0.2, -0.15) is 0 Å². The molecule has 1 aromatic heterocycles. The number of rotatable bonds is 5. The van der Waals surface area contributed by atoms with Crippen LogP contribution in [0.25, 0.3) is 0 Å². The first-order valence-electron chi connectivity index (χ1n) is 7.38. The fourth-order valence-electron chi connectivity index (χ4n) is 2.47. The summed E-state index contributed by atoms with van der Waals surface area (Å²) in [4.78, 5) is 18.7. The molecule has 4 nitrogen and oxygen atoms in total. The normalized spacial score (nSPS) is 13.3. The van der Waals surface area contributed by atoms with E-state index in [4.69, 9.17) is 5.73 Å². The van der Waals surface area contributed by atoms with Gasteiger partial charge in [0.1, 0.15) is 5.82 Å². The molecule has 0 aliphatic heterocycles. The molecular weight excluding hydrogens is 317 g/mol. The molecule has 1 aliphatic rings. The monoisotopic (exact) mass is 335 g/mol. The summed E-state index contributed by atoms with van der Waals surface area (Å²) in [6.07, 6.45) is 3.59. The van der Waals surface area contributed by atoms with E-state index in [-0.39, 0.29) is 30.2 Å². The number of carbonyl (C=O) groups excluding carboxylic acids is 1. The molecule has 2 aromatic rings. The van der Waals surface area contributed by atoms with Gasteiger partial charge >= 0.3 is 0 Å². The highest BCUT2D eigenvalue weighted by atomic mass is 35.5. The molecule has 0 bridgehead atoms. The summed E-state index contributed by atoms with van der Waals surface area (Å²) in [7, 11) is 0. The third-order valence-corrected chi connectivity index (χ3v) is 3.76. The Morgan fingerprint density at radius 1 is 1.30 bits per heavy atom. The average Bonchev–Trinajstić information content (AvgIpc) is 3.37. The van der Waals surface area contributed by atoms with Gasteiger partial charge in [0, 0.05) is 30.9 Å². The maximum Gasteiger partial charge on any atom is 0.254 e. The lowest BCUT2D eigenvalue weighted by Gasteiger charge is -2.23. The summed E-state index contributed by atoms with van der Waals surface area (Å²) in [5, 5.41) is 0. The van der Waals surface area contributed by atoms with Gasteiger partial charge in [-0.25, -0.2) is 4.39 Å². The van der Waals surface area contributed by atoms with E-state index in [0.29, 0.717) is 24.3 Å². The van der Waals surface area contributed by atoms with Crippen molar-refractivity contribution in [1.82, 2.24) is 9.88 Å². The van der Waals surface area contributed by atoms with Crippen molar-refractivity contribution in [2.75, 3.05) is 0 Å². The van der Waals surface area contributed by atoms with Crippen molar-refractivity contribution in [3.05, 3.63) is 65.2 Å². The Morgan fingerprint density at radius 3 is 2.74 bits per heavy atom. The van der Waals surface area contributed by atoms with Crippen molar-refractivity contribution in [3.63, 3.8) is 0 Å². The van der Waals surface area contributed by atoms with Crippen LogP contribution in [0.4, 0.5) is 4.39 Å². The number of nitrogens with zero attached hydrogens (tertiary/aromatic N) is 2. The molecule has 6 heteroatoms. The summed E-state index contributed by atoms with van der Waals surface area (Å²) >= 11 is 0. The van der Waals surface area contributed by atoms with Gasteiger partial charge in [0.15, 0.2) is 0 Å². The maximum absolute atomic E-state index is 13.3. The molecule has 0 atom stereocenters. The Labute approximate surface area is 140 Å². The van der Waals surface area contributed by atoms with E-state index >= 15 is 0 Å². The molecule has 0 saturated heterocycles. The smallest absolute Gasteiger partial charge is 0.254 e. The first-order valence-corrected chi connectivity index (χ1v) is 7.38. The van der Waals surface area contributed by atoms with Gasteiger partial charge in [0.2, 0.25) is 0 Å². The van der Waals surface area contributed by atoms with Crippen LogP contribution in [0.1, 0.15) is 34.5 Å². The van der Waals surface area contributed by atoms with Crippen LogP contribution in [0.15, 0.2) is 42.6 Å². The van der Waals surface area contributed by atoms with Gasteiger partial charge in [-0.3, -0.25) is 9.78 Å². The van der Waals surface area contributed by atoms with Crippen LogP contribution in [-0.2, 0) is 13.1 Å². The molecule has 1 aliphatic carbocycles. The van der Waals surface area contributed by atoms with E-state index < -0.39 is 0 Å². The minimum atomic E-state index is -0.282. The number of benzene rings is 1. The maximum atomic E-state index is 13.3. The van der Waals surface area contributed by atoms with Gasteiger partial charge in [-0.1, -0.05) is 12.1 Å². The van der Waals surface area contributed by atoms with Gasteiger partial charge in [0.05, 0.1) is 5.69 Å². The van der Waals surface area contributed by atoms with Crippen LogP contribution in [0.5, 0.6) is 0 Å². The summed E-state index contributed by atoms with van der Waals surface area (Å²) in [6.45, 7) is 0.718. The van der Waals surface area contributed by atoms with Crippen molar-refractivity contribution in [2.24, 2.45) is 5.73 Å². The molecule has 122 valence electrons. The van der Waals surface area contributed by atoms with E-state index in [1.54, 1.807) is 24.4 Å². The van der Waals surface area contributed by atoms with E-state index in [2.05, 4.69) is 4.98 Å². The molecule has 23 heavy (non-hydrogen) atoms. The van der Waals surface area contributed by atoms with Crippen molar-refractivity contribution >= 4 is 18.3 Å². The molecule has 1 fully saturated rings. The van der Waals surface area contributed by atoms with E-state index in [9.17, 15) is 9.18 Å². The second kappa shape index (κ2) is 7.53. The minimum absolute atomic E-state index is 0. The topological polar surface area (TPSA) is 59.2 Å². The Morgan fingerprint density at radius 2 is 2.09 bits per heavy atom. The number of nitrogens with two attached hydrogens (primary N) is 1. The van der Waals surface area contributed by atoms with Gasteiger partial charge in [-0.15, -0.1) is 12.4 Å². The fraction of sp³-hybridized carbons (Fsp3) is 0.294. The molecule has 3 rings (SSSR count). The van der Waals surface area contributed by atoms with E-state index in [0.717, 1.165) is 18.4 Å². The number of aromatic nitrogens is 1. The minimum Gasteiger partial charge on any atom is -0.331 e. The Bertz CT molecular complexity index is 691. The molecule has 0 spiro atoms. The SMILES string of the molecule is Cl.NCc1cc(C(=O)N(Cc2cccc(F)c2)C2CC2)ccn1. The molecule has 2 N–H and O–H groups in total. The Balaban J connectivity index is 0.00000192. The standard InChI is InChI=1S/C17H18FN3O.ClH/c18-14-3-1-2-12(8-14)11-21(16-4-5-16)17(22)13-6-7-20-15(9-13)10-19;/h1-3,6-9,16H,4-5,10-11,19H2;1H. The zero-order valence-electron chi connectivity index (χ0n) is 12.6. The van der Waals surface area contributed by atoms with Crippen molar-refractivity contribution in [3.8, 4) is 0 Å². The second-order valence-corrected chi connectivity index (χ2v) is 5.53. The number of hydrogen-bond donors (Lipinski definition) is 1. The number of amides is 1. The number of carbonyl (C=O) groups is 1. The van der Waals surface area contributed by atoms with Gasteiger partial charge < -0.3 is 10.6 Å². The van der Waals surface area contributed by atoms with Crippen molar-refractivity contribution < 1.29 is 9.18 Å². The molecule has 1 heterocycles. The van der Waals surface area contributed by atoms with Crippen LogP contribution >= 0.6 is 12.4 Å². The van der Waals surface area contributed by atoms with Gasteiger partial charge in [-0.05, 0) is 42.7 Å². The molecule has 0 radical (unpaired) electrons. The highest BCUT2D eigenvalue weighted by Crippen LogP contribution is 2.30. The van der Waals surface area contributed by atoms with E-state index in [1.165, 1.54) is 12.1 Å². The number of pyridine rings is 1. The molecule has 0 unspecified atom stereocenters. The van der Waals surface area contributed by atoms with Crippen LogP contribution in [0, 0.1) is 5.82 Å². The van der Waals surface area contributed by atoms with Crippen LogP contribution < -0.4 is 5.73 Å². The third kappa shape index (κ3) is 4.27. The van der Waals surface area contributed by atoms with Crippen molar-refractivity contribution in [1.29, 1.82) is 0 Å². The first-order chi connectivity index (χ1) is 10.7. The average molecular weight is 336 g/mol. The van der Waals surface area contributed by atoms with Crippen molar-refractivity contribution in [2.45, 2.75) is 32.0 Å². The highest BCUT2D eigenvalue weighted by molar-refractivity contribution is 5.94. The summed E-state index contributed by atoms with van der Waals surface area (Å²) in [5.41, 5.74) is 7.65. The Kier molecular flexibility index (Phi) is 5.69. The summed E-state index contributed by atoms with van der Waals surface area (Å²) in [6, 6.07) is 10.0. The zero-order chi connectivity index (χ0) is 15.5. The third-order valence-electron chi connectivity index (χ3n) is 3.76. The predicted molar refractivity (Wildman–Crippen MR) is 88.7 cm³/mol. The van der Waals surface area contributed by atoms with E-state index in [1.807, 2.05) is 11.0 Å². The molecular formula is C17H19ClFN3O. The quantitative estimate of drug-likeness (QED) is 0.914. The van der Waals surface area contributed by atoms with Crippen LogP contribution in [-0.4, -0.2) is 21.8 Å². The van der Waals surface area contributed by atoms with Crippen LogP contribution in [0.3, 0.4) is 0 Å².